The SMILES string of the molecule is COc1c(F)c(F)c(C(=O)NC(=S)Nc2cc(-c3nc4ccccc4s3)c(Cl)cc2Cl)c(F)c1F. The first-order valence-corrected chi connectivity index (χ1v) is 11.5. The van der Waals surface area contributed by atoms with E-state index in [1.54, 1.807) is 0 Å². The number of amides is 1. The summed E-state index contributed by atoms with van der Waals surface area (Å²) in [7, 11) is 0.817. The maximum atomic E-state index is 14.2. The number of methoxy groups -OCH3 is 1. The number of carbonyl (C=O) groups is 1. The molecule has 0 saturated carbocycles. The maximum absolute atomic E-state index is 14.2. The summed E-state index contributed by atoms with van der Waals surface area (Å²) in [5, 5.41) is 5.09. The fraction of sp³-hybridized carbons (Fsp3) is 0.0455. The predicted molar refractivity (Wildman–Crippen MR) is 132 cm³/mol. The third-order valence-corrected chi connectivity index (χ3v) is 6.61. The van der Waals surface area contributed by atoms with Gasteiger partial charge in [-0.15, -0.1) is 11.3 Å². The minimum Gasteiger partial charge on any atom is -0.491 e. The van der Waals surface area contributed by atoms with Gasteiger partial charge in [-0.3, -0.25) is 10.1 Å². The fourth-order valence-corrected chi connectivity index (χ4v) is 4.88. The van der Waals surface area contributed by atoms with E-state index in [0.717, 1.165) is 17.3 Å². The van der Waals surface area contributed by atoms with E-state index in [1.165, 1.54) is 23.5 Å². The van der Waals surface area contributed by atoms with E-state index in [9.17, 15) is 22.4 Å². The van der Waals surface area contributed by atoms with Crippen LogP contribution in [0, 0.1) is 23.3 Å². The first kappa shape index (κ1) is 25.1. The summed E-state index contributed by atoms with van der Waals surface area (Å²) >= 11 is 19.0. The highest BCUT2D eigenvalue weighted by molar-refractivity contribution is 7.80. The molecule has 35 heavy (non-hydrogen) atoms. The number of nitrogens with zero attached hydrogens (tertiary/aromatic N) is 1. The summed E-state index contributed by atoms with van der Waals surface area (Å²) < 4.78 is 61.6. The van der Waals surface area contributed by atoms with Gasteiger partial charge >= 0.3 is 0 Å². The zero-order chi connectivity index (χ0) is 25.4. The van der Waals surface area contributed by atoms with Crippen molar-refractivity contribution >= 4 is 73.7 Å². The molecule has 5 nitrogen and oxygen atoms in total. The molecule has 13 heteroatoms. The Labute approximate surface area is 214 Å². The molecule has 0 aliphatic rings. The Hall–Kier alpha value is -2.99. The van der Waals surface area contributed by atoms with Crippen LogP contribution in [0.5, 0.6) is 5.75 Å². The minimum atomic E-state index is -1.94. The summed E-state index contributed by atoms with van der Waals surface area (Å²) in [4.78, 5) is 16.9. The lowest BCUT2D eigenvalue weighted by Crippen LogP contribution is -2.35. The number of carbonyl (C=O) groups excluding carboxylic acids is 1. The summed E-state index contributed by atoms with van der Waals surface area (Å²) in [5.74, 6) is -10.4. The lowest BCUT2D eigenvalue weighted by atomic mass is 10.1. The molecule has 0 unspecified atom stereocenters. The van der Waals surface area contributed by atoms with Crippen LogP contribution >= 0.6 is 46.8 Å². The average Bonchev–Trinajstić information content (AvgIpc) is 3.24. The second-order valence-electron chi connectivity index (χ2n) is 6.87. The van der Waals surface area contributed by atoms with Crippen LogP contribution < -0.4 is 15.4 Å². The highest BCUT2D eigenvalue weighted by Crippen LogP contribution is 2.39. The second-order valence-corrected chi connectivity index (χ2v) is 9.12. The Kier molecular flexibility index (Phi) is 7.13. The number of thiazole rings is 1. The van der Waals surface area contributed by atoms with E-state index in [4.69, 9.17) is 35.4 Å². The van der Waals surface area contributed by atoms with Gasteiger partial charge in [-0.25, -0.2) is 13.8 Å². The second kappa shape index (κ2) is 9.94. The molecule has 0 radical (unpaired) electrons. The van der Waals surface area contributed by atoms with Crippen LogP contribution in [0.2, 0.25) is 10.0 Å². The summed E-state index contributed by atoms with van der Waals surface area (Å²) in [6, 6.07) is 10.4. The van der Waals surface area contributed by atoms with Crippen molar-refractivity contribution in [1.82, 2.24) is 10.3 Å². The first-order chi connectivity index (χ1) is 16.6. The van der Waals surface area contributed by atoms with E-state index < -0.39 is 45.6 Å². The highest BCUT2D eigenvalue weighted by atomic mass is 35.5. The number of thiocarbonyl (C=S) groups is 1. The number of aromatic nitrogens is 1. The number of fused-ring (bicyclic) bond motifs is 1. The molecule has 4 aromatic rings. The summed E-state index contributed by atoms with van der Waals surface area (Å²) in [5.41, 5.74) is -0.0601. The molecule has 0 aliphatic carbocycles. The van der Waals surface area contributed by atoms with Crippen LogP contribution in [0.4, 0.5) is 23.2 Å². The molecule has 1 heterocycles. The van der Waals surface area contributed by atoms with Crippen LogP contribution in [-0.2, 0) is 0 Å². The van der Waals surface area contributed by atoms with Gasteiger partial charge in [0.05, 0.1) is 33.1 Å². The van der Waals surface area contributed by atoms with Gasteiger partial charge in [0.25, 0.3) is 5.91 Å². The Morgan fingerprint density at radius 1 is 1.03 bits per heavy atom. The number of benzene rings is 3. The Balaban J connectivity index is 1.60. The molecular weight excluding hydrogens is 549 g/mol. The molecule has 0 aliphatic heterocycles. The summed E-state index contributed by atoms with van der Waals surface area (Å²) in [6.45, 7) is 0. The number of ether oxygens (including phenoxy) is 1. The number of hydrogen-bond acceptors (Lipinski definition) is 5. The minimum absolute atomic E-state index is 0.107. The van der Waals surface area contributed by atoms with Crippen LogP contribution in [-0.4, -0.2) is 23.1 Å². The van der Waals surface area contributed by atoms with Gasteiger partial charge in [0, 0.05) is 5.56 Å². The Morgan fingerprint density at radius 3 is 2.31 bits per heavy atom. The third kappa shape index (κ3) is 4.76. The third-order valence-electron chi connectivity index (χ3n) is 4.71. The van der Waals surface area contributed by atoms with E-state index in [1.807, 2.05) is 29.6 Å². The topological polar surface area (TPSA) is 63.2 Å². The number of halogens is 6. The zero-order valence-corrected chi connectivity index (χ0v) is 20.5. The smallest absolute Gasteiger partial charge is 0.263 e. The van der Waals surface area contributed by atoms with Gasteiger partial charge in [-0.05, 0) is 36.5 Å². The van der Waals surface area contributed by atoms with Gasteiger partial charge in [0.15, 0.2) is 22.5 Å². The quantitative estimate of drug-likeness (QED) is 0.161. The monoisotopic (exact) mass is 559 g/mol. The fourth-order valence-electron chi connectivity index (χ4n) is 3.11. The van der Waals surface area contributed by atoms with Gasteiger partial charge in [0.1, 0.15) is 10.6 Å². The molecule has 0 saturated heterocycles. The molecule has 0 atom stereocenters. The molecule has 1 aromatic heterocycles. The number of nitrogens with one attached hydrogen (secondary N) is 2. The molecule has 0 fully saturated rings. The maximum Gasteiger partial charge on any atom is 0.263 e. The number of rotatable bonds is 4. The Morgan fingerprint density at radius 2 is 1.69 bits per heavy atom. The Bertz CT molecular complexity index is 1450. The van der Waals surface area contributed by atoms with Crippen molar-refractivity contribution < 1.29 is 27.1 Å². The molecule has 2 N–H and O–H groups in total. The van der Waals surface area contributed by atoms with Crippen LogP contribution in [0.25, 0.3) is 20.8 Å². The van der Waals surface area contributed by atoms with Crippen LogP contribution in [0.3, 0.4) is 0 Å². The van der Waals surface area contributed by atoms with E-state index >= 15 is 0 Å². The normalized spacial score (nSPS) is 10.9. The van der Waals surface area contributed by atoms with Crippen LogP contribution in [0.15, 0.2) is 36.4 Å². The van der Waals surface area contributed by atoms with Gasteiger partial charge in [-0.2, -0.15) is 8.78 Å². The lowest BCUT2D eigenvalue weighted by molar-refractivity contribution is 0.0966. The van der Waals surface area contributed by atoms with Crippen molar-refractivity contribution in [2.75, 3.05) is 12.4 Å². The van der Waals surface area contributed by atoms with E-state index in [-0.39, 0.29) is 10.7 Å². The lowest BCUT2D eigenvalue weighted by Gasteiger charge is -2.14. The van der Waals surface area contributed by atoms with Crippen molar-refractivity contribution in [3.8, 4) is 16.3 Å². The van der Waals surface area contributed by atoms with Gasteiger partial charge in [0.2, 0.25) is 11.6 Å². The van der Waals surface area contributed by atoms with Crippen molar-refractivity contribution in [1.29, 1.82) is 0 Å². The number of anilines is 1. The van der Waals surface area contributed by atoms with E-state index in [0.29, 0.717) is 15.6 Å². The van der Waals surface area contributed by atoms with Crippen molar-refractivity contribution in [2.24, 2.45) is 0 Å². The van der Waals surface area contributed by atoms with Gasteiger partial charge in [-0.1, -0.05) is 35.3 Å². The molecule has 0 spiro atoms. The van der Waals surface area contributed by atoms with Crippen molar-refractivity contribution in [3.05, 3.63) is 75.3 Å². The molecule has 0 bridgehead atoms. The molecular formula is C22H11Cl2F4N3O2S2. The summed E-state index contributed by atoms with van der Waals surface area (Å²) in [6.07, 6.45) is 0. The molecule has 1 amide bonds. The van der Waals surface area contributed by atoms with Crippen molar-refractivity contribution in [3.63, 3.8) is 0 Å². The first-order valence-electron chi connectivity index (χ1n) is 9.49. The van der Waals surface area contributed by atoms with Crippen molar-refractivity contribution in [2.45, 2.75) is 0 Å². The number of hydrogen-bond donors (Lipinski definition) is 2. The van der Waals surface area contributed by atoms with Crippen LogP contribution in [0.1, 0.15) is 10.4 Å². The molecule has 3 aromatic carbocycles. The number of para-hydroxylation sites is 1. The zero-order valence-electron chi connectivity index (χ0n) is 17.3. The largest absolute Gasteiger partial charge is 0.491 e. The predicted octanol–water partition coefficient (Wildman–Crippen LogP) is 6.96. The van der Waals surface area contributed by atoms with Gasteiger partial charge < -0.3 is 10.1 Å². The standard InChI is InChI=1S/C22H11Cl2F4N3O2S2/c1-33-19-17(27)15(25)14(16(26)18(19)28)20(32)31-22(34)30-12-6-8(9(23)7-10(12)24)21-29-11-4-2-3-5-13(11)35-21/h2-7H,1H3,(H2,30,31,32,34). The molecule has 4 rings (SSSR count). The average molecular weight is 560 g/mol. The van der Waals surface area contributed by atoms with E-state index in [2.05, 4.69) is 15.0 Å². The highest BCUT2D eigenvalue weighted by Gasteiger charge is 2.30. The molecule has 180 valence electrons.